The van der Waals surface area contributed by atoms with E-state index in [1.54, 1.807) is 13.8 Å². The molecule has 5 nitrogen and oxygen atoms in total. The number of nitrogens with one attached hydrogen (secondary N) is 2. The van der Waals surface area contributed by atoms with Crippen molar-refractivity contribution in [2.24, 2.45) is 0 Å². The smallest absolute Gasteiger partial charge is 0.241 e. The van der Waals surface area contributed by atoms with Gasteiger partial charge in [0.2, 0.25) is 15.9 Å². The first-order valence-electron chi connectivity index (χ1n) is 5.46. The first-order chi connectivity index (χ1) is 8.72. The van der Waals surface area contributed by atoms with Gasteiger partial charge >= 0.3 is 0 Å². The van der Waals surface area contributed by atoms with Gasteiger partial charge in [0.1, 0.15) is 0 Å². The van der Waals surface area contributed by atoms with Crippen LogP contribution in [0.1, 0.15) is 13.8 Å². The van der Waals surface area contributed by atoms with E-state index in [2.05, 4.69) is 26.0 Å². The van der Waals surface area contributed by atoms with E-state index in [1.807, 2.05) is 0 Å². The van der Waals surface area contributed by atoms with Crippen LogP contribution >= 0.6 is 27.5 Å². The Hall–Kier alpha value is -0.630. The molecule has 1 aromatic rings. The number of halogens is 2. The maximum Gasteiger partial charge on any atom is 0.241 e. The largest absolute Gasteiger partial charge is 0.353 e. The highest BCUT2D eigenvalue weighted by atomic mass is 79.9. The predicted molar refractivity (Wildman–Crippen MR) is 77.6 cm³/mol. The first kappa shape index (κ1) is 16.4. The van der Waals surface area contributed by atoms with E-state index in [9.17, 15) is 13.2 Å². The van der Waals surface area contributed by atoms with Crippen molar-refractivity contribution in [3.05, 3.63) is 27.7 Å². The van der Waals surface area contributed by atoms with Crippen molar-refractivity contribution >= 4 is 43.5 Å². The highest BCUT2D eigenvalue weighted by Crippen LogP contribution is 2.25. The standard InChI is InChI=1S/C11H14BrClN2O3S/c1-7(2)15-11(16)6-14-19(17,18)8-3-4-10(13)9(12)5-8/h3-5,7,14H,6H2,1-2H3,(H,15,16). The van der Waals surface area contributed by atoms with Crippen molar-refractivity contribution in [3.8, 4) is 0 Å². The summed E-state index contributed by atoms with van der Waals surface area (Å²) in [6.07, 6.45) is 0. The Balaban J connectivity index is 2.76. The molecule has 8 heteroatoms. The van der Waals surface area contributed by atoms with Gasteiger partial charge in [-0.2, -0.15) is 0 Å². The van der Waals surface area contributed by atoms with Crippen molar-refractivity contribution in [2.45, 2.75) is 24.8 Å². The van der Waals surface area contributed by atoms with Crippen LogP contribution in [0.4, 0.5) is 0 Å². The topological polar surface area (TPSA) is 75.3 Å². The molecule has 0 aliphatic carbocycles. The fourth-order valence-corrected chi connectivity index (χ4v) is 2.92. The molecule has 1 amide bonds. The molecule has 0 unspecified atom stereocenters. The average molecular weight is 370 g/mol. The molecule has 0 atom stereocenters. The van der Waals surface area contributed by atoms with E-state index in [0.717, 1.165) is 0 Å². The van der Waals surface area contributed by atoms with E-state index >= 15 is 0 Å². The summed E-state index contributed by atoms with van der Waals surface area (Å²) in [5.41, 5.74) is 0. The van der Waals surface area contributed by atoms with Gasteiger partial charge in [0.15, 0.2) is 0 Å². The third kappa shape index (κ3) is 5.10. The van der Waals surface area contributed by atoms with E-state index in [-0.39, 0.29) is 23.4 Å². The summed E-state index contributed by atoms with van der Waals surface area (Å²) in [5, 5.41) is 3.00. The van der Waals surface area contributed by atoms with Gasteiger partial charge in [-0.3, -0.25) is 4.79 Å². The molecule has 0 saturated heterocycles. The summed E-state index contributed by atoms with van der Waals surface area (Å²) in [4.78, 5) is 11.4. The number of rotatable bonds is 5. The Labute approximate surface area is 125 Å². The highest BCUT2D eigenvalue weighted by Gasteiger charge is 2.16. The van der Waals surface area contributed by atoms with Gasteiger partial charge in [-0.15, -0.1) is 0 Å². The van der Waals surface area contributed by atoms with Crippen LogP contribution in [0.15, 0.2) is 27.6 Å². The lowest BCUT2D eigenvalue weighted by molar-refractivity contribution is -0.120. The van der Waals surface area contributed by atoms with E-state index in [0.29, 0.717) is 9.50 Å². The molecule has 106 valence electrons. The minimum Gasteiger partial charge on any atom is -0.353 e. The Bertz CT molecular complexity index is 575. The van der Waals surface area contributed by atoms with Gasteiger partial charge in [-0.25, -0.2) is 13.1 Å². The molecule has 1 rings (SSSR count). The quantitative estimate of drug-likeness (QED) is 0.832. The van der Waals surface area contributed by atoms with Crippen molar-refractivity contribution in [3.63, 3.8) is 0 Å². The fourth-order valence-electron chi connectivity index (χ4n) is 1.26. The van der Waals surface area contributed by atoms with Gasteiger partial charge in [-0.05, 0) is 48.0 Å². The van der Waals surface area contributed by atoms with Gasteiger partial charge in [0, 0.05) is 10.5 Å². The van der Waals surface area contributed by atoms with Gasteiger partial charge in [0.25, 0.3) is 0 Å². The molecule has 0 aliphatic rings. The molecule has 0 radical (unpaired) electrons. The zero-order chi connectivity index (χ0) is 14.6. The predicted octanol–water partition coefficient (Wildman–Crippen LogP) is 1.91. The van der Waals surface area contributed by atoms with Crippen LogP contribution in [-0.4, -0.2) is 26.9 Å². The second-order valence-corrected chi connectivity index (χ2v) is 7.15. The number of sulfonamides is 1. The summed E-state index contributed by atoms with van der Waals surface area (Å²) >= 11 is 8.94. The van der Waals surface area contributed by atoms with Crippen LogP contribution in [0.5, 0.6) is 0 Å². The molecule has 1 aromatic carbocycles. The lowest BCUT2D eigenvalue weighted by Crippen LogP contribution is -2.39. The molecular formula is C11H14BrClN2O3S. The number of benzene rings is 1. The van der Waals surface area contributed by atoms with Crippen LogP contribution in [0, 0.1) is 0 Å². The second kappa shape index (κ2) is 6.69. The molecule has 2 N–H and O–H groups in total. The molecule has 19 heavy (non-hydrogen) atoms. The van der Waals surface area contributed by atoms with Crippen LogP contribution in [0.3, 0.4) is 0 Å². The van der Waals surface area contributed by atoms with Crippen LogP contribution in [-0.2, 0) is 14.8 Å². The fraction of sp³-hybridized carbons (Fsp3) is 0.364. The molecule has 0 heterocycles. The van der Waals surface area contributed by atoms with Gasteiger partial charge < -0.3 is 5.32 Å². The second-order valence-electron chi connectivity index (χ2n) is 4.12. The van der Waals surface area contributed by atoms with Crippen LogP contribution < -0.4 is 10.0 Å². The van der Waals surface area contributed by atoms with E-state index in [1.165, 1.54) is 18.2 Å². The molecule has 0 saturated carbocycles. The molecule has 0 bridgehead atoms. The Kier molecular flexibility index (Phi) is 5.79. The Morgan fingerprint density at radius 1 is 1.42 bits per heavy atom. The first-order valence-corrected chi connectivity index (χ1v) is 8.12. The summed E-state index contributed by atoms with van der Waals surface area (Å²) in [6, 6.07) is 4.18. The summed E-state index contributed by atoms with van der Waals surface area (Å²) in [7, 11) is -3.73. The Morgan fingerprint density at radius 2 is 2.05 bits per heavy atom. The molecule has 0 aromatic heterocycles. The summed E-state index contributed by atoms with van der Waals surface area (Å²) in [6.45, 7) is 3.28. The number of hydrogen-bond acceptors (Lipinski definition) is 3. The molecule has 0 aliphatic heterocycles. The zero-order valence-corrected chi connectivity index (χ0v) is 13.6. The number of carbonyl (C=O) groups is 1. The average Bonchev–Trinajstić information content (AvgIpc) is 2.29. The lowest BCUT2D eigenvalue weighted by Gasteiger charge is -2.10. The van der Waals surface area contributed by atoms with Crippen molar-refractivity contribution < 1.29 is 13.2 Å². The minimum absolute atomic E-state index is 0.0401. The maximum absolute atomic E-state index is 11.9. The monoisotopic (exact) mass is 368 g/mol. The van der Waals surface area contributed by atoms with Crippen molar-refractivity contribution in [1.82, 2.24) is 10.0 Å². The van der Waals surface area contributed by atoms with Crippen LogP contribution in [0.25, 0.3) is 0 Å². The normalized spacial score (nSPS) is 11.6. The van der Waals surface area contributed by atoms with E-state index in [4.69, 9.17) is 11.6 Å². The summed E-state index contributed by atoms with van der Waals surface area (Å²) in [5.74, 6) is -0.383. The number of hydrogen-bond donors (Lipinski definition) is 2. The molecular weight excluding hydrogens is 356 g/mol. The lowest BCUT2D eigenvalue weighted by atomic mass is 10.4. The van der Waals surface area contributed by atoms with E-state index < -0.39 is 10.0 Å². The van der Waals surface area contributed by atoms with Crippen molar-refractivity contribution in [1.29, 1.82) is 0 Å². The SMILES string of the molecule is CC(C)NC(=O)CNS(=O)(=O)c1ccc(Cl)c(Br)c1. The third-order valence-corrected chi connectivity index (χ3v) is 4.69. The van der Waals surface area contributed by atoms with Crippen LogP contribution in [0.2, 0.25) is 5.02 Å². The highest BCUT2D eigenvalue weighted by molar-refractivity contribution is 9.10. The minimum atomic E-state index is -3.73. The molecule has 0 spiro atoms. The third-order valence-electron chi connectivity index (χ3n) is 2.07. The van der Waals surface area contributed by atoms with Gasteiger partial charge in [-0.1, -0.05) is 11.6 Å². The molecule has 0 fully saturated rings. The zero-order valence-electron chi connectivity index (χ0n) is 10.4. The number of carbonyl (C=O) groups excluding carboxylic acids is 1. The maximum atomic E-state index is 11.9. The van der Waals surface area contributed by atoms with Crippen molar-refractivity contribution in [2.75, 3.05) is 6.54 Å². The Morgan fingerprint density at radius 3 is 2.58 bits per heavy atom. The number of amides is 1. The van der Waals surface area contributed by atoms with Gasteiger partial charge in [0.05, 0.1) is 16.5 Å². The summed E-state index contributed by atoms with van der Waals surface area (Å²) < 4.78 is 26.6.